The Balaban J connectivity index is 2.39. The highest BCUT2D eigenvalue weighted by Crippen LogP contribution is 2.19. The van der Waals surface area contributed by atoms with Gasteiger partial charge in [-0.15, -0.1) is 0 Å². The number of thioether (sulfide) groups is 1. The van der Waals surface area contributed by atoms with Gasteiger partial charge in [0.15, 0.2) is 0 Å². The molecule has 0 aliphatic carbocycles. The lowest BCUT2D eigenvalue weighted by molar-refractivity contribution is 0.441. The molecule has 1 aromatic rings. The fourth-order valence-corrected chi connectivity index (χ4v) is 2.30. The second-order valence-corrected chi connectivity index (χ2v) is 4.35. The molecule has 1 heterocycles. The fraction of sp³-hybridized carbons (Fsp3) is 0.636. The second-order valence-electron chi connectivity index (χ2n) is 3.20. The van der Waals surface area contributed by atoms with E-state index in [4.69, 9.17) is 4.42 Å². The van der Waals surface area contributed by atoms with Crippen molar-refractivity contribution in [2.75, 3.05) is 18.1 Å². The quantitative estimate of drug-likeness (QED) is 0.705. The monoisotopic (exact) mass is 213 g/mol. The first-order valence-electron chi connectivity index (χ1n) is 5.23. The molecule has 3 heteroatoms. The van der Waals surface area contributed by atoms with E-state index in [0.717, 1.165) is 18.1 Å². The molecule has 80 valence electrons. The van der Waals surface area contributed by atoms with Crippen LogP contribution in [0.5, 0.6) is 0 Å². The number of rotatable bonds is 7. The van der Waals surface area contributed by atoms with Gasteiger partial charge in [0.25, 0.3) is 0 Å². The van der Waals surface area contributed by atoms with Crippen LogP contribution in [0.25, 0.3) is 0 Å². The van der Waals surface area contributed by atoms with Crippen LogP contribution in [0.2, 0.25) is 0 Å². The van der Waals surface area contributed by atoms with Crippen LogP contribution in [-0.2, 0) is 0 Å². The van der Waals surface area contributed by atoms with Gasteiger partial charge in [-0.25, -0.2) is 0 Å². The third kappa shape index (κ3) is 3.76. The van der Waals surface area contributed by atoms with E-state index in [2.05, 4.69) is 19.2 Å². The van der Waals surface area contributed by atoms with Crippen molar-refractivity contribution in [1.82, 2.24) is 5.32 Å². The summed E-state index contributed by atoms with van der Waals surface area (Å²) in [5.41, 5.74) is 0. The van der Waals surface area contributed by atoms with Crippen molar-refractivity contribution in [3.63, 3.8) is 0 Å². The molecule has 0 radical (unpaired) electrons. The third-order valence-corrected chi connectivity index (χ3v) is 3.24. The Labute approximate surface area is 90.5 Å². The molecule has 1 aromatic heterocycles. The maximum absolute atomic E-state index is 5.40. The Morgan fingerprint density at radius 2 is 2.36 bits per heavy atom. The molecule has 0 saturated heterocycles. The van der Waals surface area contributed by atoms with E-state index >= 15 is 0 Å². The Hall–Kier alpha value is -0.410. The number of furan rings is 1. The Morgan fingerprint density at radius 3 is 2.93 bits per heavy atom. The van der Waals surface area contributed by atoms with Gasteiger partial charge in [-0.1, -0.05) is 13.8 Å². The number of hydrogen-bond acceptors (Lipinski definition) is 3. The largest absolute Gasteiger partial charge is 0.468 e. The molecule has 1 unspecified atom stereocenters. The van der Waals surface area contributed by atoms with E-state index in [1.165, 1.54) is 12.2 Å². The minimum absolute atomic E-state index is 0.367. The summed E-state index contributed by atoms with van der Waals surface area (Å²) in [7, 11) is 0. The van der Waals surface area contributed by atoms with E-state index in [9.17, 15) is 0 Å². The summed E-state index contributed by atoms with van der Waals surface area (Å²) in [4.78, 5) is 0. The Morgan fingerprint density at radius 1 is 1.50 bits per heavy atom. The summed E-state index contributed by atoms with van der Waals surface area (Å²) in [6, 6.07) is 4.36. The van der Waals surface area contributed by atoms with Crippen molar-refractivity contribution in [2.24, 2.45) is 0 Å². The van der Waals surface area contributed by atoms with Crippen LogP contribution in [0, 0.1) is 0 Å². The predicted octanol–water partition coefficient (Wildman–Crippen LogP) is 3.07. The van der Waals surface area contributed by atoms with E-state index in [0.29, 0.717) is 6.04 Å². The lowest BCUT2D eigenvalue weighted by atomic mass is 10.2. The molecule has 1 N–H and O–H groups in total. The van der Waals surface area contributed by atoms with Crippen LogP contribution in [0.15, 0.2) is 22.8 Å². The van der Waals surface area contributed by atoms with E-state index in [-0.39, 0.29) is 0 Å². The van der Waals surface area contributed by atoms with Crippen LogP contribution < -0.4 is 5.32 Å². The zero-order valence-corrected chi connectivity index (χ0v) is 9.77. The summed E-state index contributed by atoms with van der Waals surface area (Å²) in [6.07, 6.45) is 2.98. The lowest BCUT2D eigenvalue weighted by Gasteiger charge is -2.14. The number of hydrogen-bond donors (Lipinski definition) is 1. The first-order chi connectivity index (χ1) is 6.88. The highest BCUT2D eigenvalue weighted by atomic mass is 32.2. The predicted molar refractivity (Wildman–Crippen MR) is 62.7 cm³/mol. The van der Waals surface area contributed by atoms with Gasteiger partial charge in [0, 0.05) is 5.75 Å². The van der Waals surface area contributed by atoms with Gasteiger partial charge in [-0.3, -0.25) is 0 Å². The van der Waals surface area contributed by atoms with Gasteiger partial charge in [0.1, 0.15) is 5.76 Å². The fourth-order valence-electron chi connectivity index (χ4n) is 1.32. The van der Waals surface area contributed by atoms with Gasteiger partial charge in [0.05, 0.1) is 12.3 Å². The van der Waals surface area contributed by atoms with Gasteiger partial charge in [-0.2, -0.15) is 11.8 Å². The van der Waals surface area contributed by atoms with Crippen LogP contribution >= 0.6 is 11.8 Å². The molecule has 0 bridgehead atoms. The van der Waals surface area contributed by atoms with Gasteiger partial charge in [-0.05, 0) is 30.9 Å². The van der Waals surface area contributed by atoms with Crippen LogP contribution in [0.3, 0.4) is 0 Å². The third-order valence-electron chi connectivity index (χ3n) is 1.97. The smallest absolute Gasteiger partial charge is 0.121 e. The molecule has 0 fully saturated rings. The minimum atomic E-state index is 0.367. The minimum Gasteiger partial charge on any atom is -0.468 e. The normalized spacial score (nSPS) is 13.0. The topological polar surface area (TPSA) is 25.2 Å². The van der Waals surface area contributed by atoms with Crippen LogP contribution in [0.4, 0.5) is 0 Å². The Bertz CT molecular complexity index is 223. The van der Waals surface area contributed by atoms with E-state index in [1.807, 2.05) is 23.9 Å². The van der Waals surface area contributed by atoms with Crippen LogP contribution in [-0.4, -0.2) is 18.1 Å². The summed E-state index contributed by atoms with van der Waals surface area (Å²) in [6.45, 7) is 5.32. The van der Waals surface area contributed by atoms with Gasteiger partial charge < -0.3 is 9.73 Å². The molecule has 1 rings (SSSR count). The molecule has 1 atom stereocenters. The average molecular weight is 213 g/mol. The highest BCUT2D eigenvalue weighted by molar-refractivity contribution is 7.99. The molecule has 0 spiro atoms. The summed E-state index contributed by atoms with van der Waals surface area (Å²) < 4.78 is 5.40. The second kappa shape index (κ2) is 6.96. The van der Waals surface area contributed by atoms with Crippen molar-refractivity contribution in [3.05, 3.63) is 24.2 Å². The van der Waals surface area contributed by atoms with Gasteiger partial charge >= 0.3 is 0 Å². The summed E-state index contributed by atoms with van der Waals surface area (Å²) in [5, 5.41) is 3.43. The van der Waals surface area contributed by atoms with Gasteiger partial charge in [0.2, 0.25) is 0 Å². The molecule has 0 aliphatic rings. The van der Waals surface area contributed by atoms with Crippen molar-refractivity contribution < 1.29 is 4.42 Å². The zero-order valence-electron chi connectivity index (χ0n) is 8.95. The molecule has 0 aromatic carbocycles. The average Bonchev–Trinajstić information content (AvgIpc) is 2.70. The Kier molecular flexibility index (Phi) is 5.80. The SMILES string of the molecule is CCCSCC(NCC)c1ccco1. The summed E-state index contributed by atoms with van der Waals surface area (Å²) in [5.74, 6) is 3.37. The molecule has 0 saturated carbocycles. The molecule has 0 amide bonds. The lowest BCUT2D eigenvalue weighted by Crippen LogP contribution is -2.22. The number of nitrogens with one attached hydrogen (secondary N) is 1. The van der Waals surface area contributed by atoms with Crippen molar-refractivity contribution in [2.45, 2.75) is 26.3 Å². The molecular formula is C11H19NOS. The van der Waals surface area contributed by atoms with Crippen molar-refractivity contribution >= 4 is 11.8 Å². The van der Waals surface area contributed by atoms with Crippen molar-refractivity contribution in [3.8, 4) is 0 Å². The standard InChI is InChI=1S/C11H19NOS/c1-3-8-14-9-10(12-4-2)11-6-5-7-13-11/h5-7,10,12H,3-4,8-9H2,1-2H3. The molecule has 2 nitrogen and oxygen atoms in total. The zero-order chi connectivity index (χ0) is 10.2. The summed E-state index contributed by atoms with van der Waals surface area (Å²) >= 11 is 1.98. The first-order valence-corrected chi connectivity index (χ1v) is 6.38. The van der Waals surface area contributed by atoms with E-state index in [1.54, 1.807) is 6.26 Å². The first kappa shape index (κ1) is 11.7. The van der Waals surface area contributed by atoms with Crippen LogP contribution in [0.1, 0.15) is 32.1 Å². The maximum Gasteiger partial charge on any atom is 0.121 e. The molecular weight excluding hydrogens is 194 g/mol. The highest BCUT2D eigenvalue weighted by Gasteiger charge is 2.12. The maximum atomic E-state index is 5.40. The van der Waals surface area contributed by atoms with Crippen molar-refractivity contribution in [1.29, 1.82) is 0 Å². The van der Waals surface area contributed by atoms with E-state index < -0.39 is 0 Å². The molecule has 14 heavy (non-hydrogen) atoms. The molecule has 0 aliphatic heterocycles.